The summed E-state index contributed by atoms with van der Waals surface area (Å²) in [6, 6.07) is 30.2. The van der Waals surface area contributed by atoms with Crippen molar-refractivity contribution in [1.82, 2.24) is 0 Å². The molecule has 2 aliphatic rings. The molecule has 1 unspecified atom stereocenters. The highest BCUT2D eigenvalue weighted by molar-refractivity contribution is 6.31. The van der Waals surface area contributed by atoms with Crippen molar-refractivity contribution in [3.05, 3.63) is 117 Å². The van der Waals surface area contributed by atoms with E-state index in [0.29, 0.717) is 0 Å². The zero-order chi connectivity index (χ0) is 35.0. The highest BCUT2D eigenvalue weighted by atomic mass is 35.5. The Balaban J connectivity index is 1.52. The number of hydrogen-bond donors (Lipinski definition) is 0. The van der Waals surface area contributed by atoms with E-state index in [1.54, 1.807) is 5.56 Å². The van der Waals surface area contributed by atoms with Gasteiger partial charge >= 0.3 is 0 Å². The molecular formula is C48H60Cl2. The number of hydrogen-bond acceptors (Lipinski definition) is 0. The van der Waals surface area contributed by atoms with Crippen molar-refractivity contribution in [1.29, 1.82) is 0 Å². The van der Waals surface area contributed by atoms with Crippen LogP contribution in [0.3, 0.4) is 0 Å². The van der Waals surface area contributed by atoms with Crippen LogP contribution in [0.15, 0.2) is 78.9 Å². The van der Waals surface area contributed by atoms with E-state index in [1.165, 1.54) is 160 Å². The lowest BCUT2D eigenvalue weighted by Gasteiger charge is -2.35. The normalized spacial score (nSPS) is 16.7. The van der Waals surface area contributed by atoms with Gasteiger partial charge in [0.05, 0.1) is 0 Å². The zero-order valence-corrected chi connectivity index (χ0v) is 32.7. The molecule has 0 heterocycles. The van der Waals surface area contributed by atoms with Crippen LogP contribution in [0.2, 0.25) is 10.0 Å². The smallest absolute Gasteiger partial charge is 0.0464 e. The molecule has 0 nitrogen and oxygen atoms in total. The minimum atomic E-state index is -0.226. The highest BCUT2D eigenvalue weighted by Crippen LogP contribution is 2.61. The molecule has 50 heavy (non-hydrogen) atoms. The van der Waals surface area contributed by atoms with Crippen molar-refractivity contribution < 1.29 is 0 Å². The van der Waals surface area contributed by atoms with E-state index in [0.717, 1.165) is 16.5 Å². The summed E-state index contributed by atoms with van der Waals surface area (Å²) >= 11 is 13.8. The lowest BCUT2D eigenvalue weighted by Crippen LogP contribution is -2.28. The third-order valence-electron chi connectivity index (χ3n) is 12.2. The molecule has 2 heteroatoms. The van der Waals surface area contributed by atoms with Gasteiger partial charge in [0.15, 0.2) is 0 Å². The van der Waals surface area contributed by atoms with Gasteiger partial charge in [0, 0.05) is 20.9 Å². The van der Waals surface area contributed by atoms with E-state index >= 15 is 0 Å². The quantitative estimate of drug-likeness (QED) is 0.0802. The summed E-state index contributed by atoms with van der Waals surface area (Å²) in [5.74, 6) is 0. The predicted octanol–water partition coefficient (Wildman–Crippen LogP) is 16.0. The van der Waals surface area contributed by atoms with Gasteiger partial charge in [-0.3, -0.25) is 0 Å². The van der Waals surface area contributed by atoms with Gasteiger partial charge in [-0.15, -0.1) is 0 Å². The van der Waals surface area contributed by atoms with Crippen LogP contribution in [-0.2, 0) is 10.8 Å². The molecule has 266 valence electrons. The fourth-order valence-electron chi connectivity index (χ4n) is 9.68. The molecule has 4 aromatic carbocycles. The minimum Gasteiger partial charge on any atom is -0.0843 e. The van der Waals surface area contributed by atoms with Crippen LogP contribution in [-0.4, -0.2) is 0 Å². The van der Waals surface area contributed by atoms with Crippen molar-refractivity contribution in [2.45, 2.75) is 154 Å². The molecule has 1 atom stereocenters. The van der Waals surface area contributed by atoms with Crippen molar-refractivity contribution in [2.75, 3.05) is 0 Å². The van der Waals surface area contributed by atoms with Crippen molar-refractivity contribution >= 4 is 23.2 Å². The SMILES string of the molecule is CCCCCCCCC1(CCCCCCCC)c2cc(Cl)ccc2-c2cc3c(cc21)-c1ccc(Cl)cc1C3(CCCCCC)c1ccccc1. The average molecular weight is 708 g/mol. The standard InChI is InChI=1S/C48H60Cl2/c1-4-7-10-13-15-20-29-47(30-21-16-14-11-8-5-2)43-32-37(49)25-27-39(43)41-35-46-42(34-44(41)47)40-28-26-38(50)33-45(40)48(46,31-22-12-9-6-3)36-23-18-17-19-24-36/h17-19,23-28,32-35H,4-16,20-22,29-31H2,1-3H3. The summed E-state index contributed by atoms with van der Waals surface area (Å²) in [6.07, 6.45) is 24.3. The first kappa shape index (κ1) is 37.2. The van der Waals surface area contributed by atoms with E-state index in [1.807, 2.05) is 0 Å². The highest BCUT2D eigenvalue weighted by Gasteiger charge is 2.48. The van der Waals surface area contributed by atoms with Gasteiger partial charge in [0.2, 0.25) is 0 Å². The Labute approximate surface area is 314 Å². The first-order chi connectivity index (χ1) is 24.5. The number of rotatable bonds is 20. The summed E-state index contributed by atoms with van der Waals surface area (Å²) in [6.45, 7) is 6.93. The second-order valence-corrected chi connectivity index (χ2v) is 16.4. The molecule has 0 bridgehead atoms. The molecule has 0 saturated carbocycles. The molecule has 0 aliphatic heterocycles. The Kier molecular flexibility index (Phi) is 12.9. The molecule has 0 fully saturated rings. The lowest BCUT2D eigenvalue weighted by atomic mass is 9.68. The summed E-state index contributed by atoms with van der Waals surface area (Å²) in [5.41, 5.74) is 12.7. The van der Waals surface area contributed by atoms with Crippen LogP contribution >= 0.6 is 23.2 Å². The van der Waals surface area contributed by atoms with E-state index in [9.17, 15) is 0 Å². The summed E-state index contributed by atoms with van der Waals surface area (Å²) < 4.78 is 0. The zero-order valence-electron chi connectivity index (χ0n) is 31.2. The van der Waals surface area contributed by atoms with E-state index in [4.69, 9.17) is 23.2 Å². The van der Waals surface area contributed by atoms with E-state index < -0.39 is 0 Å². The molecule has 0 radical (unpaired) electrons. The van der Waals surface area contributed by atoms with Crippen molar-refractivity contribution in [3.8, 4) is 22.3 Å². The van der Waals surface area contributed by atoms with Gasteiger partial charge in [-0.25, -0.2) is 0 Å². The summed E-state index contributed by atoms with van der Waals surface area (Å²) in [4.78, 5) is 0. The van der Waals surface area contributed by atoms with Crippen molar-refractivity contribution in [2.24, 2.45) is 0 Å². The Hall–Kier alpha value is -2.54. The van der Waals surface area contributed by atoms with Crippen LogP contribution in [0.1, 0.15) is 171 Å². The van der Waals surface area contributed by atoms with Gasteiger partial charge < -0.3 is 0 Å². The molecule has 6 rings (SSSR count). The number of halogens is 2. The summed E-state index contributed by atoms with van der Waals surface area (Å²) in [5, 5.41) is 1.70. The minimum absolute atomic E-state index is 0.00811. The number of fused-ring (bicyclic) bond motifs is 6. The van der Waals surface area contributed by atoms with Gasteiger partial charge in [-0.1, -0.05) is 189 Å². The third kappa shape index (κ3) is 7.36. The Morgan fingerprint density at radius 2 is 0.820 bits per heavy atom. The summed E-state index contributed by atoms with van der Waals surface area (Å²) in [7, 11) is 0. The maximum Gasteiger partial charge on any atom is 0.0464 e. The predicted molar refractivity (Wildman–Crippen MR) is 219 cm³/mol. The van der Waals surface area contributed by atoms with Crippen LogP contribution < -0.4 is 0 Å². The van der Waals surface area contributed by atoms with Gasteiger partial charge in [-0.05, 0) is 106 Å². The molecule has 0 saturated heterocycles. The van der Waals surface area contributed by atoms with Crippen LogP contribution in [0.4, 0.5) is 0 Å². The monoisotopic (exact) mass is 706 g/mol. The fraction of sp³-hybridized carbons (Fsp3) is 0.500. The maximum atomic E-state index is 6.91. The molecule has 0 spiro atoms. The number of benzene rings is 4. The molecular weight excluding hydrogens is 647 g/mol. The topological polar surface area (TPSA) is 0 Å². The Morgan fingerprint density at radius 1 is 0.400 bits per heavy atom. The number of unbranched alkanes of at least 4 members (excludes halogenated alkanes) is 13. The van der Waals surface area contributed by atoms with E-state index in [-0.39, 0.29) is 10.8 Å². The molecule has 2 aliphatic carbocycles. The second kappa shape index (κ2) is 17.3. The molecule has 4 aromatic rings. The Morgan fingerprint density at radius 3 is 1.42 bits per heavy atom. The molecule has 0 amide bonds. The van der Waals surface area contributed by atoms with Gasteiger partial charge in [0.1, 0.15) is 0 Å². The maximum absolute atomic E-state index is 6.91. The molecule has 0 aromatic heterocycles. The molecule has 0 N–H and O–H groups in total. The first-order valence-electron chi connectivity index (χ1n) is 20.4. The van der Waals surface area contributed by atoms with Gasteiger partial charge in [-0.2, -0.15) is 0 Å². The Bertz CT molecular complexity index is 1690. The average Bonchev–Trinajstić information content (AvgIpc) is 3.55. The van der Waals surface area contributed by atoms with Crippen LogP contribution in [0, 0.1) is 0 Å². The van der Waals surface area contributed by atoms with Gasteiger partial charge in [0.25, 0.3) is 0 Å². The first-order valence-corrected chi connectivity index (χ1v) is 21.1. The van der Waals surface area contributed by atoms with Crippen molar-refractivity contribution in [3.63, 3.8) is 0 Å². The largest absolute Gasteiger partial charge is 0.0843 e. The second-order valence-electron chi connectivity index (χ2n) is 15.5. The van der Waals surface area contributed by atoms with Crippen LogP contribution in [0.5, 0.6) is 0 Å². The lowest BCUT2D eigenvalue weighted by molar-refractivity contribution is 0.398. The third-order valence-corrected chi connectivity index (χ3v) is 12.7. The fourth-order valence-corrected chi connectivity index (χ4v) is 10.0. The van der Waals surface area contributed by atoms with Crippen LogP contribution in [0.25, 0.3) is 22.3 Å². The van der Waals surface area contributed by atoms with E-state index in [2.05, 4.69) is 99.6 Å².